The van der Waals surface area contributed by atoms with E-state index >= 15 is 0 Å². The lowest BCUT2D eigenvalue weighted by atomic mass is 9.48. The molecule has 6 aliphatic rings. The van der Waals surface area contributed by atoms with Gasteiger partial charge in [-0.3, -0.25) is 9.59 Å². The van der Waals surface area contributed by atoms with E-state index in [1.54, 1.807) is 12.1 Å². The van der Waals surface area contributed by atoms with Crippen LogP contribution in [0.1, 0.15) is 106 Å². The summed E-state index contributed by atoms with van der Waals surface area (Å²) in [4.78, 5) is 53.1. The van der Waals surface area contributed by atoms with E-state index < -0.39 is 41.3 Å². The van der Waals surface area contributed by atoms with E-state index in [0.717, 1.165) is 51.4 Å². The molecule has 0 saturated heterocycles. The Morgan fingerprint density at radius 3 is 2.17 bits per heavy atom. The summed E-state index contributed by atoms with van der Waals surface area (Å²) in [5, 5.41) is 1.81. The van der Waals surface area contributed by atoms with Crippen molar-refractivity contribution in [2.45, 2.75) is 103 Å². The largest absolute Gasteiger partial charge is 0.461 e. The van der Waals surface area contributed by atoms with Gasteiger partial charge in [0.1, 0.15) is 4.88 Å². The standard InChI is InChI=1S/C32H42O7S/c1-2-24(7-10-37-29(35)25-4-3-11-40-25)28(34)39-27(32-16-21-12-22(17-32)14-23(13-21)18-32)30(36)38-26(33)19-31-8-5-20(15-31)6-9-31/h3-4,11,20-24,27H,2,5-10,12-19H2,1H3. The summed E-state index contributed by atoms with van der Waals surface area (Å²) in [5.74, 6) is -0.181. The maximum atomic E-state index is 13.7. The molecule has 40 heavy (non-hydrogen) atoms. The van der Waals surface area contributed by atoms with Crippen molar-refractivity contribution >= 4 is 35.2 Å². The zero-order valence-corrected chi connectivity index (χ0v) is 24.4. The Bertz CT molecular complexity index is 1080. The fourth-order valence-electron chi connectivity index (χ4n) is 9.45. The lowest BCUT2D eigenvalue weighted by molar-refractivity contribution is -0.197. The van der Waals surface area contributed by atoms with Crippen LogP contribution in [-0.2, 0) is 28.6 Å². The highest BCUT2D eigenvalue weighted by Crippen LogP contribution is 2.62. The first-order chi connectivity index (χ1) is 19.3. The average molecular weight is 571 g/mol. The van der Waals surface area contributed by atoms with Crippen LogP contribution >= 0.6 is 11.3 Å². The average Bonchev–Trinajstić information content (AvgIpc) is 3.67. The van der Waals surface area contributed by atoms with Crippen molar-refractivity contribution < 1.29 is 33.4 Å². The lowest BCUT2D eigenvalue weighted by Crippen LogP contribution is -2.56. The van der Waals surface area contributed by atoms with Crippen molar-refractivity contribution in [1.82, 2.24) is 0 Å². The van der Waals surface area contributed by atoms with Crippen molar-refractivity contribution in [3.8, 4) is 0 Å². The molecule has 0 aliphatic heterocycles. The molecule has 1 aromatic heterocycles. The first kappa shape index (κ1) is 27.9. The molecule has 0 amide bonds. The van der Waals surface area contributed by atoms with Crippen LogP contribution in [0.25, 0.3) is 0 Å². The molecule has 2 unspecified atom stereocenters. The van der Waals surface area contributed by atoms with Gasteiger partial charge in [-0.15, -0.1) is 11.3 Å². The summed E-state index contributed by atoms with van der Waals surface area (Å²) >= 11 is 1.31. The van der Waals surface area contributed by atoms with Crippen LogP contribution < -0.4 is 0 Å². The number of ether oxygens (including phenoxy) is 3. The van der Waals surface area contributed by atoms with Gasteiger partial charge in [0.05, 0.1) is 18.9 Å². The fraction of sp³-hybridized carbons (Fsp3) is 0.750. The van der Waals surface area contributed by atoms with Gasteiger partial charge < -0.3 is 14.2 Å². The molecule has 6 fully saturated rings. The zero-order valence-electron chi connectivity index (χ0n) is 23.6. The van der Waals surface area contributed by atoms with E-state index in [9.17, 15) is 19.2 Å². The van der Waals surface area contributed by atoms with Gasteiger partial charge in [0.15, 0.2) is 0 Å². The minimum Gasteiger partial charge on any atom is -0.461 e. The summed E-state index contributed by atoms with van der Waals surface area (Å²) in [6, 6.07) is 3.50. The first-order valence-corrected chi connectivity index (χ1v) is 16.3. The van der Waals surface area contributed by atoms with Crippen LogP contribution in [0.5, 0.6) is 0 Å². The van der Waals surface area contributed by atoms with Gasteiger partial charge in [0.25, 0.3) is 0 Å². The summed E-state index contributed by atoms with van der Waals surface area (Å²) in [6.07, 6.45) is 11.6. The molecule has 6 aliphatic carbocycles. The third kappa shape index (κ3) is 5.62. The van der Waals surface area contributed by atoms with Crippen molar-refractivity contribution in [1.29, 1.82) is 0 Å². The third-order valence-electron chi connectivity index (χ3n) is 11.0. The molecular formula is C32H42O7S. The van der Waals surface area contributed by atoms with Crippen LogP contribution in [-0.4, -0.2) is 36.6 Å². The van der Waals surface area contributed by atoms with E-state index in [-0.39, 0.29) is 18.4 Å². The van der Waals surface area contributed by atoms with E-state index in [0.29, 0.717) is 41.4 Å². The normalized spacial score (nSPS) is 34.8. The monoisotopic (exact) mass is 570 g/mol. The van der Waals surface area contributed by atoms with E-state index in [1.165, 1.54) is 30.6 Å². The van der Waals surface area contributed by atoms with Crippen molar-refractivity contribution in [2.75, 3.05) is 6.61 Å². The molecular weight excluding hydrogens is 528 g/mol. The molecule has 6 bridgehead atoms. The second-order valence-corrected chi connectivity index (χ2v) is 14.7. The number of esters is 4. The SMILES string of the molecule is CCC(CCOC(=O)c1cccs1)C(=O)OC(C(=O)OC(=O)CC12CCC(CC1)C2)C12CC3CC(CC(C3)C1)C2. The summed E-state index contributed by atoms with van der Waals surface area (Å²) in [5.41, 5.74) is -0.460. The summed E-state index contributed by atoms with van der Waals surface area (Å²) in [7, 11) is 0. The molecule has 218 valence electrons. The number of rotatable bonds is 11. The molecule has 7 rings (SSSR count). The van der Waals surface area contributed by atoms with Gasteiger partial charge in [-0.1, -0.05) is 13.0 Å². The van der Waals surface area contributed by atoms with Crippen molar-refractivity contribution in [3.05, 3.63) is 22.4 Å². The van der Waals surface area contributed by atoms with E-state index in [4.69, 9.17) is 14.2 Å². The maximum absolute atomic E-state index is 13.7. The number of fused-ring (bicyclic) bond motifs is 2. The number of carbonyl (C=O) groups excluding carboxylic acids is 4. The topological polar surface area (TPSA) is 96.0 Å². The molecule has 6 saturated carbocycles. The first-order valence-electron chi connectivity index (χ1n) is 15.4. The molecule has 0 radical (unpaired) electrons. The lowest BCUT2D eigenvalue weighted by Gasteiger charge is -2.58. The van der Waals surface area contributed by atoms with Gasteiger partial charge in [-0.05, 0) is 124 Å². The quantitative estimate of drug-likeness (QED) is 0.170. The van der Waals surface area contributed by atoms with Gasteiger partial charge in [0, 0.05) is 5.41 Å². The number of hydrogen-bond acceptors (Lipinski definition) is 8. The Kier molecular flexibility index (Phi) is 7.83. The van der Waals surface area contributed by atoms with Gasteiger partial charge in [0.2, 0.25) is 6.10 Å². The predicted octanol–water partition coefficient (Wildman–Crippen LogP) is 6.49. The molecule has 0 aromatic carbocycles. The highest BCUT2D eigenvalue weighted by atomic mass is 32.1. The molecule has 1 heterocycles. The van der Waals surface area contributed by atoms with E-state index in [1.807, 2.05) is 12.3 Å². The Hall–Kier alpha value is -2.22. The molecule has 0 N–H and O–H groups in total. The van der Waals surface area contributed by atoms with Gasteiger partial charge in [-0.2, -0.15) is 0 Å². The van der Waals surface area contributed by atoms with Gasteiger partial charge in [-0.25, -0.2) is 9.59 Å². The van der Waals surface area contributed by atoms with Crippen LogP contribution in [0.3, 0.4) is 0 Å². The zero-order chi connectivity index (χ0) is 27.9. The summed E-state index contributed by atoms with van der Waals surface area (Å²) < 4.78 is 17.0. The maximum Gasteiger partial charge on any atom is 0.355 e. The van der Waals surface area contributed by atoms with Crippen molar-refractivity contribution in [3.63, 3.8) is 0 Å². The molecule has 0 spiro atoms. The highest BCUT2D eigenvalue weighted by molar-refractivity contribution is 7.11. The molecule has 8 heteroatoms. The highest BCUT2D eigenvalue weighted by Gasteiger charge is 2.58. The predicted molar refractivity (Wildman–Crippen MR) is 148 cm³/mol. The van der Waals surface area contributed by atoms with Crippen LogP contribution in [0.15, 0.2) is 17.5 Å². The number of thiophene rings is 1. The van der Waals surface area contributed by atoms with Crippen LogP contribution in [0.2, 0.25) is 0 Å². The Morgan fingerprint density at radius 2 is 1.62 bits per heavy atom. The second-order valence-electron chi connectivity index (χ2n) is 13.7. The van der Waals surface area contributed by atoms with E-state index in [2.05, 4.69) is 0 Å². The third-order valence-corrected chi connectivity index (χ3v) is 11.8. The van der Waals surface area contributed by atoms with Crippen LogP contribution in [0, 0.1) is 40.4 Å². The van der Waals surface area contributed by atoms with Gasteiger partial charge >= 0.3 is 23.9 Å². The molecule has 2 atom stereocenters. The Balaban J connectivity index is 1.13. The Labute approximate surface area is 240 Å². The minimum atomic E-state index is -1.06. The number of hydrogen-bond donors (Lipinski definition) is 0. The number of carbonyl (C=O) groups is 4. The smallest absolute Gasteiger partial charge is 0.355 e. The Morgan fingerprint density at radius 1 is 0.950 bits per heavy atom. The molecule has 7 nitrogen and oxygen atoms in total. The van der Waals surface area contributed by atoms with Crippen molar-refractivity contribution in [2.24, 2.45) is 40.4 Å². The second kappa shape index (κ2) is 11.2. The minimum absolute atomic E-state index is 0.0112. The fourth-order valence-corrected chi connectivity index (χ4v) is 10.1. The van der Waals surface area contributed by atoms with Crippen LogP contribution in [0.4, 0.5) is 0 Å². The molecule has 1 aromatic rings. The summed E-state index contributed by atoms with van der Waals surface area (Å²) in [6.45, 7) is 1.99.